The SMILES string of the molecule is N#Cc1c(SCc2cccc(C/C(N)=N/N)c2)[nH]c(=O)c(C#N)c1-c1cccs1. The Labute approximate surface area is 175 Å². The lowest BCUT2D eigenvalue weighted by Crippen LogP contribution is -2.17. The highest BCUT2D eigenvalue weighted by Gasteiger charge is 2.20. The zero-order chi connectivity index (χ0) is 20.8. The number of hydrogen-bond donors (Lipinski definition) is 3. The summed E-state index contributed by atoms with van der Waals surface area (Å²) >= 11 is 2.71. The summed E-state index contributed by atoms with van der Waals surface area (Å²) in [5, 5.41) is 24.9. The average molecular weight is 421 g/mol. The molecule has 0 saturated carbocycles. The maximum Gasteiger partial charge on any atom is 0.267 e. The Balaban J connectivity index is 1.95. The van der Waals surface area contributed by atoms with Gasteiger partial charge in [0.15, 0.2) is 0 Å². The zero-order valence-electron chi connectivity index (χ0n) is 15.2. The van der Waals surface area contributed by atoms with Gasteiger partial charge in [-0.05, 0) is 22.6 Å². The Bertz CT molecular complexity index is 1200. The Morgan fingerprint density at radius 3 is 2.59 bits per heavy atom. The van der Waals surface area contributed by atoms with Crippen molar-refractivity contribution >= 4 is 28.9 Å². The molecule has 3 aromatic rings. The van der Waals surface area contributed by atoms with Crippen molar-refractivity contribution in [2.45, 2.75) is 17.2 Å². The number of hydrogen-bond acceptors (Lipinski definition) is 7. The lowest BCUT2D eigenvalue weighted by molar-refractivity contribution is 1.05. The molecule has 2 heterocycles. The molecule has 2 aromatic heterocycles. The molecular formula is C20H16N6OS2. The minimum atomic E-state index is -0.502. The summed E-state index contributed by atoms with van der Waals surface area (Å²) in [5.41, 5.74) is 7.77. The molecule has 5 N–H and O–H groups in total. The number of benzene rings is 1. The molecule has 9 heteroatoms. The van der Waals surface area contributed by atoms with Gasteiger partial charge in [-0.25, -0.2) is 0 Å². The number of thiophene rings is 1. The average Bonchev–Trinajstić information content (AvgIpc) is 3.26. The normalized spacial score (nSPS) is 11.0. The monoisotopic (exact) mass is 420 g/mol. The van der Waals surface area contributed by atoms with Gasteiger partial charge in [0.25, 0.3) is 5.56 Å². The second kappa shape index (κ2) is 9.11. The van der Waals surface area contributed by atoms with Gasteiger partial charge in [-0.15, -0.1) is 23.1 Å². The van der Waals surface area contributed by atoms with E-state index in [9.17, 15) is 15.3 Å². The topological polar surface area (TPSA) is 145 Å². The molecule has 144 valence electrons. The van der Waals surface area contributed by atoms with Crippen LogP contribution in [-0.4, -0.2) is 10.8 Å². The molecule has 0 saturated heterocycles. The van der Waals surface area contributed by atoms with Crippen molar-refractivity contribution < 1.29 is 0 Å². The van der Waals surface area contributed by atoms with Crippen molar-refractivity contribution in [1.29, 1.82) is 10.5 Å². The van der Waals surface area contributed by atoms with E-state index in [1.54, 1.807) is 6.07 Å². The number of thioether (sulfide) groups is 1. The van der Waals surface area contributed by atoms with E-state index in [0.29, 0.717) is 39.0 Å². The summed E-state index contributed by atoms with van der Waals surface area (Å²) in [7, 11) is 0. The fourth-order valence-corrected chi connectivity index (χ4v) is 4.54. The number of aromatic amines is 1. The van der Waals surface area contributed by atoms with Crippen molar-refractivity contribution in [3.63, 3.8) is 0 Å². The summed E-state index contributed by atoms with van der Waals surface area (Å²) in [6.45, 7) is 0. The second-order valence-corrected chi connectivity index (χ2v) is 7.95. The molecule has 0 aliphatic carbocycles. The molecule has 0 aliphatic heterocycles. The van der Waals surface area contributed by atoms with Crippen LogP contribution in [0.15, 0.2) is 56.7 Å². The van der Waals surface area contributed by atoms with Crippen LogP contribution >= 0.6 is 23.1 Å². The van der Waals surface area contributed by atoms with Gasteiger partial charge in [-0.3, -0.25) is 4.79 Å². The first-order chi connectivity index (χ1) is 14.1. The summed E-state index contributed by atoms with van der Waals surface area (Å²) in [5.74, 6) is 6.04. The number of H-pyrrole nitrogens is 1. The van der Waals surface area contributed by atoms with E-state index in [-0.39, 0.29) is 5.56 Å². The molecule has 0 amide bonds. The van der Waals surface area contributed by atoms with Crippen LogP contribution in [0.2, 0.25) is 0 Å². The van der Waals surface area contributed by atoms with Gasteiger partial charge < -0.3 is 16.6 Å². The number of hydrazone groups is 1. The summed E-state index contributed by atoms with van der Waals surface area (Å²) in [6.07, 6.45) is 0.439. The molecule has 29 heavy (non-hydrogen) atoms. The maximum atomic E-state index is 12.4. The predicted molar refractivity (Wildman–Crippen MR) is 115 cm³/mol. The number of rotatable bonds is 6. The fourth-order valence-electron chi connectivity index (χ4n) is 2.81. The standard InChI is InChI=1S/C20H16N6OS2/c21-9-14-18(16-5-2-6-28-16)15(10-22)20(25-19(14)27)29-11-13-4-1-3-12(7-13)8-17(23)26-24/h1-7H,8,11,24H2,(H2,23,26)(H,25,27). The Morgan fingerprint density at radius 2 is 1.93 bits per heavy atom. The number of nitrogens with two attached hydrogens (primary N) is 2. The number of nitriles is 2. The molecule has 7 nitrogen and oxygen atoms in total. The molecule has 0 bridgehead atoms. The minimum Gasteiger partial charge on any atom is -0.385 e. The van der Waals surface area contributed by atoms with Crippen LogP contribution in [0.5, 0.6) is 0 Å². The van der Waals surface area contributed by atoms with E-state index in [1.165, 1.54) is 23.1 Å². The van der Waals surface area contributed by atoms with Gasteiger partial charge in [-0.1, -0.05) is 30.3 Å². The van der Waals surface area contributed by atoms with Crippen LogP contribution in [0.4, 0.5) is 0 Å². The largest absolute Gasteiger partial charge is 0.385 e. The quantitative estimate of drug-likeness (QED) is 0.184. The predicted octanol–water partition coefficient (Wildman–Crippen LogP) is 2.91. The van der Waals surface area contributed by atoms with Gasteiger partial charge in [0.1, 0.15) is 23.5 Å². The third-order valence-corrected chi connectivity index (χ3v) is 6.06. The first-order valence-corrected chi connectivity index (χ1v) is 10.3. The molecule has 0 atom stereocenters. The highest BCUT2D eigenvalue weighted by atomic mass is 32.2. The zero-order valence-corrected chi connectivity index (χ0v) is 16.8. The van der Waals surface area contributed by atoms with Gasteiger partial charge in [-0.2, -0.15) is 15.6 Å². The van der Waals surface area contributed by atoms with Gasteiger partial charge in [0, 0.05) is 22.6 Å². The molecular weight excluding hydrogens is 404 g/mol. The molecule has 1 aromatic carbocycles. The van der Waals surface area contributed by atoms with Gasteiger partial charge in [0.2, 0.25) is 0 Å². The van der Waals surface area contributed by atoms with Crippen molar-refractivity contribution in [1.82, 2.24) is 4.98 Å². The highest BCUT2D eigenvalue weighted by Crippen LogP contribution is 2.34. The molecule has 0 spiro atoms. The summed E-state index contributed by atoms with van der Waals surface area (Å²) in [4.78, 5) is 15.8. The fraction of sp³-hybridized carbons (Fsp3) is 0.100. The van der Waals surface area contributed by atoms with Crippen LogP contribution in [0.1, 0.15) is 22.3 Å². The van der Waals surface area contributed by atoms with Crippen LogP contribution < -0.4 is 17.1 Å². The number of aromatic nitrogens is 1. The number of nitrogens with zero attached hydrogens (tertiary/aromatic N) is 3. The van der Waals surface area contributed by atoms with E-state index >= 15 is 0 Å². The lowest BCUT2D eigenvalue weighted by atomic mass is 10.0. The van der Waals surface area contributed by atoms with Crippen LogP contribution in [-0.2, 0) is 12.2 Å². The maximum absolute atomic E-state index is 12.4. The lowest BCUT2D eigenvalue weighted by Gasteiger charge is -2.10. The summed E-state index contributed by atoms with van der Waals surface area (Å²) in [6, 6.07) is 15.4. The molecule has 3 rings (SSSR count). The van der Waals surface area contributed by atoms with Crippen molar-refractivity contribution in [2.75, 3.05) is 0 Å². The number of pyridine rings is 1. The molecule has 0 radical (unpaired) electrons. The van der Waals surface area contributed by atoms with Crippen LogP contribution in [0.3, 0.4) is 0 Å². The van der Waals surface area contributed by atoms with E-state index in [1.807, 2.05) is 41.8 Å². The molecule has 0 fully saturated rings. The van der Waals surface area contributed by atoms with Crippen molar-refractivity contribution in [3.8, 4) is 22.6 Å². The van der Waals surface area contributed by atoms with E-state index in [0.717, 1.165) is 11.1 Å². The van der Waals surface area contributed by atoms with Gasteiger partial charge in [0.05, 0.1) is 10.6 Å². The third-order valence-electron chi connectivity index (χ3n) is 4.10. The van der Waals surface area contributed by atoms with E-state index < -0.39 is 5.56 Å². The first kappa shape index (κ1) is 20.2. The van der Waals surface area contributed by atoms with E-state index in [2.05, 4.69) is 16.2 Å². The third kappa shape index (κ3) is 4.49. The van der Waals surface area contributed by atoms with Crippen LogP contribution in [0.25, 0.3) is 10.4 Å². The first-order valence-electron chi connectivity index (χ1n) is 8.44. The second-order valence-electron chi connectivity index (χ2n) is 6.01. The van der Waals surface area contributed by atoms with Crippen LogP contribution in [0, 0.1) is 22.7 Å². The molecule has 0 unspecified atom stereocenters. The number of amidine groups is 1. The Kier molecular flexibility index (Phi) is 6.35. The van der Waals surface area contributed by atoms with Gasteiger partial charge >= 0.3 is 0 Å². The highest BCUT2D eigenvalue weighted by molar-refractivity contribution is 7.98. The smallest absolute Gasteiger partial charge is 0.267 e. The Morgan fingerprint density at radius 1 is 1.17 bits per heavy atom. The van der Waals surface area contributed by atoms with Crippen molar-refractivity contribution in [3.05, 3.63) is 74.4 Å². The van der Waals surface area contributed by atoms with E-state index in [4.69, 9.17) is 11.6 Å². The minimum absolute atomic E-state index is 0.0492. The summed E-state index contributed by atoms with van der Waals surface area (Å²) < 4.78 is 0. The number of nitrogens with one attached hydrogen (secondary N) is 1. The van der Waals surface area contributed by atoms with Crippen molar-refractivity contribution in [2.24, 2.45) is 16.7 Å². The molecule has 0 aliphatic rings. The Hall–Kier alpha value is -3.53.